The fraction of sp³-hybridized carbons (Fsp3) is 0.135. The summed E-state index contributed by atoms with van der Waals surface area (Å²) >= 11 is 9.32. The third-order valence-corrected chi connectivity index (χ3v) is 11.3. The third kappa shape index (κ3) is 6.92. The van der Waals surface area contributed by atoms with E-state index in [-0.39, 0.29) is 29.3 Å². The highest BCUT2D eigenvalue weighted by Crippen LogP contribution is 2.43. The maximum Gasteiger partial charge on any atom is 0.336 e. The molecule has 2 aliphatic heterocycles. The van der Waals surface area contributed by atoms with E-state index in [0.717, 1.165) is 26.5 Å². The molecule has 6 N–H and O–H groups in total. The van der Waals surface area contributed by atoms with E-state index in [1.807, 2.05) is 16.7 Å². The van der Waals surface area contributed by atoms with E-state index in [0.29, 0.717) is 80.0 Å². The number of fused-ring (bicyclic) bond motifs is 4. The first-order chi connectivity index (χ1) is 26.1. The lowest BCUT2D eigenvalue weighted by atomic mass is 9.90. The second kappa shape index (κ2) is 14.6. The number of ether oxygens (including phenoxy) is 2. The molecule has 3 aromatic carbocycles. The van der Waals surface area contributed by atoms with Crippen LogP contribution in [0.3, 0.4) is 0 Å². The molecule has 3 aliphatic rings. The van der Waals surface area contributed by atoms with Gasteiger partial charge in [0.2, 0.25) is 6.79 Å². The van der Waals surface area contributed by atoms with Crippen LogP contribution in [0.4, 0.5) is 11.5 Å². The highest BCUT2D eigenvalue weighted by molar-refractivity contribution is 14.1. The molecule has 0 atom stereocenters. The fourth-order valence-electron chi connectivity index (χ4n) is 6.23. The van der Waals surface area contributed by atoms with Crippen molar-refractivity contribution in [3.8, 4) is 39.7 Å². The van der Waals surface area contributed by atoms with Gasteiger partial charge in [-0.15, -0.1) is 0 Å². The topological polar surface area (TPSA) is 200 Å². The van der Waals surface area contributed by atoms with Crippen LogP contribution < -0.4 is 31.3 Å². The molecule has 272 valence electrons. The standard InChI is InChI=1S/C37H28IN7O7S2/c38-25-14-28-29(51-17-50-28)15-30(25)54-37-44-32-33(39)41-16-42-34(32)45(37)10-2-1-9-40-36(53)43-18-3-6-21(24(11-18)35(48)49)31-22-7-4-19(46)12-26(22)52-27-13-20(47)5-8-23(27)31/h3-8,11-16,46H,1-2,9-10,17H2,(H,48,49)(H2,39,41,42)(H2,40,43,53). The number of phenols is 1. The normalized spacial score (nSPS) is 12.1. The molecule has 0 radical (unpaired) electrons. The van der Waals surface area contributed by atoms with Gasteiger partial charge in [-0.3, -0.25) is 4.79 Å². The fourth-order valence-corrected chi connectivity index (χ4v) is 8.16. The van der Waals surface area contributed by atoms with E-state index < -0.39 is 5.97 Å². The molecular formula is C37H28IN7O7S2. The van der Waals surface area contributed by atoms with Crippen LogP contribution in [-0.4, -0.2) is 54.2 Å². The van der Waals surface area contributed by atoms with Gasteiger partial charge in [-0.2, -0.15) is 0 Å². The summed E-state index contributed by atoms with van der Waals surface area (Å²) in [7, 11) is 0. The number of carboxylic acid groups (broad SMARTS) is 1. The van der Waals surface area contributed by atoms with Gasteiger partial charge < -0.3 is 45.0 Å². The Morgan fingerprint density at radius 1 is 1.02 bits per heavy atom. The van der Waals surface area contributed by atoms with Gasteiger partial charge in [0, 0.05) is 55.9 Å². The van der Waals surface area contributed by atoms with E-state index >= 15 is 0 Å². The monoisotopic (exact) mass is 873 g/mol. The number of rotatable bonds is 10. The number of aromatic hydroxyl groups is 1. The van der Waals surface area contributed by atoms with Gasteiger partial charge in [-0.25, -0.2) is 19.7 Å². The Labute approximate surface area is 329 Å². The first-order valence-corrected chi connectivity index (χ1v) is 18.8. The number of phenolic OH excluding ortho intramolecular Hbond substituents is 1. The number of carbonyl (C=O) groups is 1. The predicted molar refractivity (Wildman–Crippen MR) is 216 cm³/mol. The summed E-state index contributed by atoms with van der Waals surface area (Å²) < 4.78 is 20.0. The Morgan fingerprint density at radius 2 is 1.83 bits per heavy atom. The summed E-state index contributed by atoms with van der Waals surface area (Å²) in [5.74, 6) is 0.784. The maximum atomic E-state index is 12.6. The third-order valence-electron chi connectivity index (χ3n) is 8.70. The number of thiocarbonyl (C=S) groups is 1. The van der Waals surface area contributed by atoms with Crippen LogP contribution in [0.15, 0.2) is 92.3 Å². The number of aromatic carboxylic acids is 1. The highest BCUT2D eigenvalue weighted by Gasteiger charge is 2.23. The van der Waals surface area contributed by atoms with Crippen molar-refractivity contribution in [2.75, 3.05) is 24.4 Å². The second-order valence-corrected chi connectivity index (χ2v) is 14.8. The molecular weight excluding hydrogens is 845 g/mol. The summed E-state index contributed by atoms with van der Waals surface area (Å²) in [5, 5.41) is 28.3. The van der Waals surface area contributed by atoms with Gasteiger partial charge >= 0.3 is 5.97 Å². The number of nitrogen functional groups attached to an aromatic ring is 1. The molecule has 4 heterocycles. The molecule has 0 unspecified atom stereocenters. The number of nitrogens with one attached hydrogen (secondary N) is 2. The minimum absolute atomic E-state index is 0.0111. The number of hydrogen-bond donors (Lipinski definition) is 5. The zero-order chi connectivity index (χ0) is 37.5. The number of aromatic nitrogens is 4. The molecule has 17 heteroatoms. The predicted octanol–water partition coefficient (Wildman–Crippen LogP) is 6.94. The van der Waals surface area contributed by atoms with Gasteiger partial charge in [0.25, 0.3) is 0 Å². The number of nitrogens with zero attached hydrogens (tertiary/aromatic N) is 4. The van der Waals surface area contributed by atoms with Crippen LogP contribution in [0.2, 0.25) is 0 Å². The molecule has 0 spiro atoms. The number of anilines is 2. The van der Waals surface area contributed by atoms with Crippen molar-refractivity contribution in [3.63, 3.8) is 0 Å². The van der Waals surface area contributed by atoms with E-state index in [1.54, 1.807) is 24.3 Å². The lowest BCUT2D eigenvalue weighted by Crippen LogP contribution is -2.29. The summed E-state index contributed by atoms with van der Waals surface area (Å²) in [5.41, 5.74) is 9.39. The molecule has 0 saturated carbocycles. The molecule has 2 aromatic heterocycles. The zero-order valence-electron chi connectivity index (χ0n) is 28.0. The highest BCUT2D eigenvalue weighted by atomic mass is 127. The van der Waals surface area contributed by atoms with Crippen molar-refractivity contribution in [3.05, 3.63) is 92.4 Å². The molecule has 1 aliphatic carbocycles. The lowest BCUT2D eigenvalue weighted by Gasteiger charge is -2.18. The maximum absolute atomic E-state index is 12.6. The first-order valence-electron chi connectivity index (χ1n) is 16.5. The summed E-state index contributed by atoms with van der Waals surface area (Å²) in [6.45, 7) is 1.34. The van der Waals surface area contributed by atoms with E-state index in [1.165, 1.54) is 48.4 Å². The number of benzene rings is 4. The Bertz CT molecular complexity index is 2670. The van der Waals surface area contributed by atoms with E-state index in [9.17, 15) is 19.8 Å². The van der Waals surface area contributed by atoms with Crippen molar-refractivity contribution in [1.29, 1.82) is 0 Å². The number of nitrogens with two attached hydrogens (primary N) is 1. The molecule has 0 bridgehead atoms. The second-order valence-electron chi connectivity index (χ2n) is 12.2. The Balaban J connectivity index is 0.954. The number of carboxylic acids is 1. The average molecular weight is 874 g/mol. The van der Waals surface area contributed by atoms with Crippen LogP contribution in [-0.2, 0) is 6.54 Å². The molecule has 0 amide bonds. The van der Waals surface area contributed by atoms with Gasteiger partial charge in [0.05, 0.1) is 5.56 Å². The van der Waals surface area contributed by atoms with Crippen LogP contribution in [0, 0.1) is 3.57 Å². The molecule has 0 saturated heterocycles. The number of imidazole rings is 1. The molecule has 0 fully saturated rings. The minimum atomic E-state index is -1.15. The molecule has 14 nitrogen and oxygen atoms in total. The largest absolute Gasteiger partial charge is 0.508 e. The summed E-state index contributed by atoms with van der Waals surface area (Å²) in [6, 6.07) is 17.7. The van der Waals surface area contributed by atoms with Gasteiger partial charge in [-0.1, -0.05) is 17.8 Å². The SMILES string of the molecule is Nc1ncnc2c1nc(Sc1cc3c(cc1I)OCO3)n2CCCCNC(=S)Nc1ccc(-c2c3ccc(=O)cc-3oc3cc(O)ccc23)c(C(=O)O)c1. The van der Waals surface area contributed by atoms with E-state index in [2.05, 4.69) is 43.2 Å². The smallest absolute Gasteiger partial charge is 0.336 e. The molecule has 5 aromatic rings. The van der Waals surface area contributed by atoms with Gasteiger partial charge in [0.1, 0.15) is 23.4 Å². The van der Waals surface area contributed by atoms with Crippen LogP contribution in [0.5, 0.6) is 17.2 Å². The number of hydrogen-bond acceptors (Lipinski definition) is 12. The van der Waals surface area contributed by atoms with Crippen molar-refractivity contribution >= 4 is 91.3 Å². The van der Waals surface area contributed by atoms with Crippen LogP contribution in [0.1, 0.15) is 23.2 Å². The molecule has 8 rings (SSSR count). The zero-order valence-corrected chi connectivity index (χ0v) is 31.8. The van der Waals surface area contributed by atoms with Crippen molar-refractivity contribution < 1.29 is 28.9 Å². The number of unbranched alkanes of at least 4 members (excludes halogenated alkanes) is 1. The van der Waals surface area contributed by atoms with Gasteiger partial charge in [0.15, 0.2) is 44.2 Å². The lowest BCUT2D eigenvalue weighted by molar-refractivity contribution is 0.0697. The Morgan fingerprint density at radius 3 is 2.67 bits per heavy atom. The van der Waals surface area contributed by atoms with Crippen molar-refractivity contribution in [1.82, 2.24) is 24.8 Å². The quantitative estimate of drug-likeness (QED) is 0.0409. The van der Waals surface area contributed by atoms with Crippen molar-refractivity contribution in [2.24, 2.45) is 0 Å². The average Bonchev–Trinajstić information content (AvgIpc) is 3.74. The van der Waals surface area contributed by atoms with Crippen LogP contribution >= 0.6 is 46.6 Å². The Kier molecular flexibility index (Phi) is 9.59. The minimum Gasteiger partial charge on any atom is -0.508 e. The summed E-state index contributed by atoms with van der Waals surface area (Å²) in [4.78, 5) is 39.1. The van der Waals surface area contributed by atoms with Gasteiger partial charge in [-0.05, 0) is 102 Å². The number of halogens is 1. The van der Waals surface area contributed by atoms with Crippen LogP contribution in [0.25, 0.3) is 44.6 Å². The summed E-state index contributed by atoms with van der Waals surface area (Å²) in [6.07, 6.45) is 2.93. The van der Waals surface area contributed by atoms with E-state index in [4.69, 9.17) is 36.8 Å². The Hall–Kier alpha value is -5.66. The van der Waals surface area contributed by atoms with Crippen molar-refractivity contribution in [2.45, 2.75) is 29.4 Å². The first kappa shape index (κ1) is 35.4. The molecule has 54 heavy (non-hydrogen) atoms. The number of aryl methyl sites for hydroxylation is 1.